The Balaban J connectivity index is 2.01. The molecule has 0 atom stereocenters. The third-order valence-electron chi connectivity index (χ3n) is 3.88. The van der Waals surface area contributed by atoms with Crippen LogP contribution in [0.15, 0.2) is 24.3 Å². The molecule has 0 aliphatic carbocycles. The highest BCUT2D eigenvalue weighted by atomic mass is 16.7. The first-order valence-corrected chi connectivity index (χ1v) is 7.36. The van der Waals surface area contributed by atoms with E-state index < -0.39 is 0 Å². The summed E-state index contributed by atoms with van der Waals surface area (Å²) in [7, 11) is 4.69. The van der Waals surface area contributed by atoms with Crippen LogP contribution in [0.5, 0.6) is 28.7 Å². The first-order chi connectivity index (χ1) is 11.7. The zero-order chi connectivity index (χ0) is 17.1. The molecular formula is C18H18O6. The average molecular weight is 330 g/mol. The zero-order valence-electron chi connectivity index (χ0n) is 13.8. The molecule has 0 radical (unpaired) electrons. The van der Waals surface area contributed by atoms with Gasteiger partial charge in [0.15, 0.2) is 23.0 Å². The second-order valence-electron chi connectivity index (χ2n) is 5.23. The average Bonchev–Trinajstić information content (AvgIpc) is 3.07. The van der Waals surface area contributed by atoms with Crippen LogP contribution in [0.1, 0.15) is 21.5 Å². The van der Waals surface area contributed by atoms with E-state index in [0.29, 0.717) is 40.7 Å². The zero-order valence-corrected chi connectivity index (χ0v) is 13.8. The van der Waals surface area contributed by atoms with Crippen molar-refractivity contribution in [2.45, 2.75) is 6.42 Å². The molecule has 3 rings (SSSR count). The van der Waals surface area contributed by atoms with E-state index in [0.717, 1.165) is 17.4 Å². The number of benzene rings is 2. The lowest BCUT2D eigenvalue weighted by Crippen LogP contribution is -1.99. The molecule has 1 aliphatic heterocycles. The van der Waals surface area contributed by atoms with Gasteiger partial charge in [-0.3, -0.25) is 4.79 Å². The van der Waals surface area contributed by atoms with Crippen molar-refractivity contribution < 1.29 is 28.5 Å². The molecule has 2 aromatic rings. The standard InChI is InChI=1S/C18H18O6/c1-20-16-5-11(6-17(21-2)18(16)22-3)4-12-7-14-15(24-10-23-14)8-13(12)9-19/h5-9H,4,10H2,1-3H3. The molecule has 2 aromatic carbocycles. The van der Waals surface area contributed by atoms with Gasteiger partial charge >= 0.3 is 0 Å². The van der Waals surface area contributed by atoms with Crippen molar-refractivity contribution >= 4 is 6.29 Å². The number of aldehydes is 1. The first-order valence-electron chi connectivity index (χ1n) is 7.36. The van der Waals surface area contributed by atoms with Crippen LogP contribution in [0.3, 0.4) is 0 Å². The van der Waals surface area contributed by atoms with E-state index in [2.05, 4.69) is 0 Å². The van der Waals surface area contributed by atoms with E-state index in [9.17, 15) is 4.79 Å². The van der Waals surface area contributed by atoms with E-state index in [4.69, 9.17) is 23.7 Å². The van der Waals surface area contributed by atoms with Crippen LogP contribution in [0.4, 0.5) is 0 Å². The molecule has 0 N–H and O–H groups in total. The number of methoxy groups -OCH3 is 3. The number of hydrogen-bond acceptors (Lipinski definition) is 6. The van der Waals surface area contributed by atoms with Crippen LogP contribution in [-0.4, -0.2) is 34.4 Å². The Morgan fingerprint density at radius 2 is 1.58 bits per heavy atom. The van der Waals surface area contributed by atoms with Crippen molar-refractivity contribution in [3.63, 3.8) is 0 Å². The molecule has 0 saturated heterocycles. The van der Waals surface area contributed by atoms with Gasteiger partial charge in [-0.1, -0.05) is 0 Å². The monoisotopic (exact) mass is 330 g/mol. The Bertz CT molecular complexity index is 743. The number of fused-ring (bicyclic) bond motifs is 1. The Morgan fingerprint density at radius 3 is 2.12 bits per heavy atom. The van der Waals surface area contributed by atoms with Crippen molar-refractivity contribution in [2.75, 3.05) is 28.1 Å². The normalized spacial score (nSPS) is 12.0. The van der Waals surface area contributed by atoms with Crippen molar-refractivity contribution in [1.82, 2.24) is 0 Å². The highest BCUT2D eigenvalue weighted by molar-refractivity contribution is 5.79. The second kappa shape index (κ2) is 6.70. The molecular weight excluding hydrogens is 312 g/mol. The predicted octanol–water partition coefficient (Wildman–Crippen LogP) is 2.84. The highest BCUT2D eigenvalue weighted by Crippen LogP contribution is 2.40. The van der Waals surface area contributed by atoms with E-state index in [1.165, 1.54) is 0 Å². The predicted molar refractivity (Wildman–Crippen MR) is 86.9 cm³/mol. The summed E-state index contributed by atoms with van der Waals surface area (Å²) in [6, 6.07) is 7.25. The van der Waals surface area contributed by atoms with Crippen molar-refractivity contribution in [2.24, 2.45) is 0 Å². The minimum absolute atomic E-state index is 0.168. The lowest BCUT2D eigenvalue weighted by atomic mass is 9.99. The summed E-state index contributed by atoms with van der Waals surface area (Å²) >= 11 is 0. The van der Waals surface area contributed by atoms with Crippen LogP contribution in [0, 0.1) is 0 Å². The van der Waals surface area contributed by atoms with Gasteiger partial charge in [0.25, 0.3) is 0 Å². The Kier molecular flexibility index (Phi) is 4.46. The van der Waals surface area contributed by atoms with Crippen molar-refractivity contribution in [3.8, 4) is 28.7 Å². The molecule has 0 unspecified atom stereocenters. The van der Waals surface area contributed by atoms with Gasteiger partial charge in [-0.2, -0.15) is 0 Å². The molecule has 0 spiro atoms. The Morgan fingerprint density at radius 1 is 0.958 bits per heavy atom. The largest absolute Gasteiger partial charge is 0.493 e. The van der Waals surface area contributed by atoms with Gasteiger partial charge in [0.2, 0.25) is 12.5 Å². The number of carbonyl (C=O) groups is 1. The summed E-state index contributed by atoms with van der Waals surface area (Å²) in [4.78, 5) is 11.4. The molecule has 0 saturated carbocycles. The van der Waals surface area contributed by atoms with E-state index in [1.54, 1.807) is 27.4 Å². The van der Waals surface area contributed by atoms with Crippen molar-refractivity contribution in [1.29, 1.82) is 0 Å². The number of hydrogen-bond donors (Lipinski definition) is 0. The summed E-state index contributed by atoms with van der Waals surface area (Å²) in [5.74, 6) is 2.90. The van der Waals surface area contributed by atoms with Gasteiger partial charge in [0.1, 0.15) is 6.29 Å². The summed E-state index contributed by atoms with van der Waals surface area (Å²) < 4.78 is 26.8. The second-order valence-corrected chi connectivity index (χ2v) is 5.23. The van der Waals surface area contributed by atoms with E-state index in [1.807, 2.05) is 18.2 Å². The van der Waals surface area contributed by atoms with Gasteiger partial charge in [-0.05, 0) is 41.8 Å². The maximum Gasteiger partial charge on any atom is 0.231 e. The molecule has 0 fully saturated rings. The fourth-order valence-corrected chi connectivity index (χ4v) is 2.72. The summed E-state index contributed by atoms with van der Waals surface area (Å²) in [5, 5.41) is 0. The smallest absolute Gasteiger partial charge is 0.231 e. The number of ether oxygens (including phenoxy) is 5. The number of carbonyl (C=O) groups excluding carboxylic acids is 1. The summed E-state index contributed by atoms with van der Waals surface area (Å²) in [5.41, 5.74) is 2.32. The van der Waals surface area contributed by atoms with Gasteiger partial charge < -0.3 is 23.7 Å². The third-order valence-corrected chi connectivity index (χ3v) is 3.88. The fraction of sp³-hybridized carbons (Fsp3) is 0.278. The van der Waals surface area contributed by atoms with Crippen LogP contribution in [0.2, 0.25) is 0 Å². The minimum atomic E-state index is 0.168. The highest BCUT2D eigenvalue weighted by Gasteiger charge is 2.19. The van der Waals surface area contributed by atoms with Crippen LogP contribution >= 0.6 is 0 Å². The number of rotatable bonds is 6. The SMILES string of the molecule is COc1cc(Cc2cc3c(cc2C=O)OCO3)cc(OC)c1OC. The van der Waals surface area contributed by atoms with Gasteiger partial charge in [-0.25, -0.2) is 0 Å². The minimum Gasteiger partial charge on any atom is -0.493 e. The Labute approximate surface area is 139 Å². The molecule has 0 aromatic heterocycles. The van der Waals surface area contributed by atoms with E-state index >= 15 is 0 Å². The third kappa shape index (κ3) is 2.82. The molecule has 6 heteroatoms. The van der Waals surface area contributed by atoms with Crippen molar-refractivity contribution in [3.05, 3.63) is 41.0 Å². The maximum absolute atomic E-state index is 11.4. The lowest BCUT2D eigenvalue weighted by Gasteiger charge is -2.14. The van der Waals surface area contributed by atoms with Crippen LogP contribution in [0.25, 0.3) is 0 Å². The van der Waals surface area contributed by atoms with Crippen LogP contribution < -0.4 is 23.7 Å². The molecule has 6 nitrogen and oxygen atoms in total. The van der Waals surface area contributed by atoms with Gasteiger partial charge in [-0.15, -0.1) is 0 Å². The first kappa shape index (κ1) is 16.0. The molecule has 1 heterocycles. The quantitative estimate of drug-likeness (QED) is 0.759. The molecule has 0 bridgehead atoms. The summed E-state index contributed by atoms with van der Waals surface area (Å²) in [6.07, 6.45) is 1.33. The molecule has 1 aliphatic rings. The Hall–Kier alpha value is -2.89. The lowest BCUT2D eigenvalue weighted by molar-refractivity contribution is 0.112. The van der Waals surface area contributed by atoms with Gasteiger partial charge in [0.05, 0.1) is 21.3 Å². The van der Waals surface area contributed by atoms with Gasteiger partial charge in [0, 0.05) is 5.56 Å². The fourth-order valence-electron chi connectivity index (χ4n) is 2.72. The van der Waals surface area contributed by atoms with Crippen LogP contribution in [-0.2, 0) is 6.42 Å². The topological polar surface area (TPSA) is 63.2 Å². The summed E-state index contributed by atoms with van der Waals surface area (Å²) in [6.45, 7) is 0.168. The molecule has 0 amide bonds. The van der Waals surface area contributed by atoms with E-state index in [-0.39, 0.29) is 6.79 Å². The molecule has 126 valence electrons. The molecule has 24 heavy (non-hydrogen) atoms. The maximum atomic E-state index is 11.4.